The Morgan fingerprint density at radius 2 is 1.81 bits per heavy atom. The SMILES string of the molecule is COc1cc(C)c(/C=C\C(=O)O)cc1OC. The van der Waals surface area contributed by atoms with Gasteiger partial charge in [0.25, 0.3) is 0 Å². The average molecular weight is 222 g/mol. The van der Waals surface area contributed by atoms with Gasteiger partial charge in [-0.1, -0.05) is 0 Å². The number of methoxy groups -OCH3 is 2. The van der Waals surface area contributed by atoms with Crippen molar-refractivity contribution in [3.05, 3.63) is 29.3 Å². The molecule has 0 heterocycles. The molecule has 1 aromatic rings. The molecule has 1 rings (SSSR count). The average Bonchev–Trinajstić information content (AvgIpc) is 2.26. The molecule has 0 aliphatic rings. The van der Waals surface area contributed by atoms with E-state index in [2.05, 4.69) is 0 Å². The number of carboxylic acid groups (broad SMARTS) is 1. The fourth-order valence-corrected chi connectivity index (χ4v) is 1.34. The molecule has 0 unspecified atom stereocenters. The summed E-state index contributed by atoms with van der Waals surface area (Å²) in [5.41, 5.74) is 1.72. The van der Waals surface area contributed by atoms with Crippen LogP contribution in [0.25, 0.3) is 6.08 Å². The van der Waals surface area contributed by atoms with Gasteiger partial charge in [0.15, 0.2) is 11.5 Å². The summed E-state index contributed by atoms with van der Waals surface area (Å²) < 4.78 is 10.3. The predicted molar refractivity (Wildman–Crippen MR) is 61.0 cm³/mol. The minimum absolute atomic E-state index is 0.582. The zero-order chi connectivity index (χ0) is 12.1. The fraction of sp³-hybridized carbons (Fsp3) is 0.250. The Bertz CT molecular complexity index is 421. The highest BCUT2D eigenvalue weighted by molar-refractivity contribution is 5.85. The van der Waals surface area contributed by atoms with Gasteiger partial charge < -0.3 is 14.6 Å². The number of benzene rings is 1. The Kier molecular flexibility index (Phi) is 3.94. The quantitative estimate of drug-likeness (QED) is 0.793. The van der Waals surface area contributed by atoms with E-state index >= 15 is 0 Å². The van der Waals surface area contributed by atoms with Gasteiger partial charge in [-0.3, -0.25) is 0 Å². The normalized spacial score (nSPS) is 10.4. The van der Waals surface area contributed by atoms with E-state index in [1.165, 1.54) is 13.2 Å². The molecule has 0 spiro atoms. The first-order valence-electron chi connectivity index (χ1n) is 4.72. The van der Waals surface area contributed by atoms with Crippen molar-refractivity contribution < 1.29 is 19.4 Å². The van der Waals surface area contributed by atoms with Gasteiger partial charge in [0.2, 0.25) is 0 Å². The molecule has 4 nitrogen and oxygen atoms in total. The minimum atomic E-state index is -0.978. The summed E-state index contributed by atoms with van der Waals surface area (Å²) in [6.07, 6.45) is 2.62. The van der Waals surface area contributed by atoms with Crippen LogP contribution in [0.5, 0.6) is 11.5 Å². The summed E-state index contributed by atoms with van der Waals surface area (Å²) in [7, 11) is 3.10. The van der Waals surface area contributed by atoms with Crippen molar-refractivity contribution in [2.24, 2.45) is 0 Å². The molecule has 0 atom stereocenters. The number of rotatable bonds is 4. The van der Waals surface area contributed by atoms with Crippen LogP contribution in [0.4, 0.5) is 0 Å². The third-order valence-corrected chi connectivity index (χ3v) is 2.18. The van der Waals surface area contributed by atoms with E-state index < -0.39 is 5.97 Å². The van der Waals surface area contributed by atoms with Gasteiger partial charge in [0.1, 0.15) is 0 Å². The number of aryl methyl sites for hydroxylation is 1. The zero-order valence-electron chi connectivity index (χ0n) is 9.48. The minimum Gasteiger partial charge on any atom is -0.493 e. The Hall–Kier alpha value is -1.97. The highest BCUT2D eigenvalue weighted by Crippen LogP contribution is 2.30. The van der Waals surface area contributed by atoms with E-state index in [1.807, 2.05) is 6.92 Å². The van der Waals surface area contributed by atoms with Gasteiger partial charge in [-0.2, -0.15) is 0 Å². The van der Waals surface area contributed by atoms with Gasteiger partial charge in [-0.05, 0) is 36.3 Å². The number of carbonyl (C=O) groups is 1. The van der Waals surface area contributed by atoms with Crippen molar-refractivity contribution in [1.82, 2.24) is 0 Å². The maximum Gasteiger partial charge on any atom is 0.328 e. The number of ether oxygens (including phenoxy) is 2. The maximum atomic E-state index is 10.4. The Morgan fingerprint density at radius 1 is 1.25 bits per heavy atom. The third kappa shape index (κ3) is 2.76. The van der Waals surface area contributed by atoms with Crippen molar-refractivity contribution in [2.75, 3.05) is 14.2 Å². The van der Waals surface area contributed by atoms with Crippen LogP contribution in [0, 0.1) is 6.92 Å². The Balaban J connectivity index is 3.16. The summed E-state index contributed by atoms with van der Waals surface area (Å²) >= 11 is 0. The summed E-state index contributed by atoms with van der Waals surface area (Å²) in [6.45, 7) is 1.88. The molecule has 0 saturated heterocycles. The third-order valence-electron chi connectivity index (χ3n) is 2.18. The van der Waals surface area contributed by atoms with Gasteiger partial charge in [0, 0.05) is 6.08 Å². The van der Waals surface area contributed by atoms with E-state index in [4.69, 9.17) is 14.6 Å². The van der Waals surface area contributed by atoms with Gasteiger partial charge in [0.05, 0.1) is 14.2 Å². The lowest BCUT2D eigenvalue weighted by Gasteiger charge is -2.10. The monoisotopic (exact) mass is 222 g/mol. The molecule has 0 aliphatic carbocycles. The number of aliphatic carboxylic acids is 1. The molecule has 0 fully saturated rings. The highest BCUT2D eigenvalue weighted by atomic mass is 16.5. The van der Waals surface area contributed by atoms with Gasteiger partial charge in [-0.15, -0.1) is 0 Å². The van der Waals surface area contributed by atoms with Gasteiger partial charge in [-0.25, -0.2) is 4.79 Å². The van der Waals surface area contributed by atoms with Crippen LogP contribution in [0.2, 0.25) is 0 Å². The molecule has 0 aliphatic heterocycles. The molecule has 4 heteroatoms. The van der Waals surface area contributed by atoms with E-state index in [1.54, 1.807) is 19.2 Å². The molecule has 16 heavy (non-hydrogen) atoms. The standard InChI is InChI=1S/C12H14O4/c1-8-6-10(15-2)11(16-3)7-9(8)4-5-12(13)14/h4-7H,1-3H3,(H,13,14)/b5-4-. The van der Waals surface area contributed by atoms with Crippen LogP contribution in [0.3, 0.4) is 0 Å². The first-order valence-corrected chi connectivity index (χ1v) is 4.72. The largest absolute Gasteiger partial charge is 0.493 e. The van der Waals surface area contributed by atoms with Crippen LogP contribution >= 0.6 is 0 Å². The van der Waals surface area contributed by atoms with Crippen LogP contribution in [-0.4, -0.2) is 25.3 Å². The highest BCUT2D eigenvalue weighted by Gasteiger charge is 2.06. The number of carboxylic acids is 1. The molecule has 0 aromatic heterocycles. The first kappa shape index (κ1) is 12.1. The van der Waals surface area contributed by atoms with E-state index in [0.717, 1.165) is 17.2 Å². The second-order valence-electron chi connectivity index (χ2n) is 3.24. The fourth-order valence-electron chi connectivity index (χ4n) is 1.34. The smallest absolute Gasteiger partial charge is 0.328 e. The van der Waals surface area contributed by atoms with E-state index in [0.29, 0.717) is 11.5 Å². The van der Waals surface area contributed by atoms with E-state index in [-0.39, 0.29) is 0 Å². The van der Waals surface area contributed by atoms with Crippen LogP contribution in [-0.2, 0) is 4.79 Å². The molecule has 0 amide bonds. The topological polar surface area (TPSA) is 55.8 Å². The van der Waals surface area contributed by atoms with Crippen molar-refractivity contribution >= 4 is 12.0 Å². The second kappa shape index (κ2) is 5.21. The summed E-state index contributed by atoms with van der Waals surface area (Å²) in [6, 6.07) is 3.55. The van der Waals surface area contributed by atoms with Crippen molar-refractivity contribution in [1.29, 1.82) is 0 Å². The molecule has 1 N–H and O–H groups in total. The van der Waals surface area contributed by atoms with Crippen LogP contribution in [0.15, 0.2) is 18.2 Å². The zero-order valence-corrected chi connectivity index (χ0v) is 9.48. The predicted octanol–water partition coefficient (Wildman–Crippen LogP) is 2.11. The summed E-state index contributed by atoms with van der Waals surface area (Å²) in [5, 5.41) is 8.55. The molecule has 0 bridgehead atoms. The van der Waals surface area contributed by atoms with E-state index in [9.17, 15) is 4.79 Å². The molecule has 0 saturated carbocycles. The van der Waals surface area contributed by atoms with Gasteiger partial charge >= 0.3 is 5.97 Å². The second-order valence-corrected chi connectivity index (χ2v) is 3.24. The lowest BCUT2D eigenvalue weighted by atomic mass is 10.1. The van der Waals surface area contributed by atoms with Crippen LogP contribution in [0.1, 0.15) is 11.1 Å². The summed E-state index contributed by atoms with van der Waals surface area (Å²) in [4.78, 5) is 10.4. The Labute approximate surface area is 94.1 Å². The lowest BCUT2D eigenvalue weighted by Crippen LogP contribution is -1.93. The van der Waals surface area contributed by atoms with Crippen LogP contribution < -0.4 is 9.47 Å². The van der Waals surface area contributed by atoms with Crippen molar-refractivity contribution in [2.45, 2.75) is 6.92 Å². The Morgan fingerprint density at radius 3 is 2.31 bits per heavy atom. The number of hydrogen-bond donors (Lipinski definition) is 1. The lowest BCUT2D eigenvalue weighted by molar-refractivity contribution is -0.131. The molecule has 86 valence electrons. The first-order chi connectivity index (χ1) is 7.58. The summed E-state index contributed by atoms with van der Waals surface area (Å²) in [5.74, 6) is 0.236. The maximum absolute atomic E-state index is 10.4. The molecule has 0 radical (unpaired) electrons. The molecular formula is C12H14O4. The molecular weight excluding hydrogens is 208 g/mol. The molecule has 1 aromatic carbocycles. The van der Waals surface area contributed by atoms with Crippen molar-refractivity contribution in [3.63, 3.8) is 0 Å². The van der Waals surface area contributed by atoms with Crippen molar-refractivity contribution in [3.8, 4) is 11.5 Å². The number of hydrogen-bond acceptors (Lipinski definition) is 3.